The van der Waals surface area contributed by atoms with Gasteiger partial charge in [-0.3, -0.25) is 4.79 Å². The van der Waals surface area contributed by atoms with Crippen molar-refractivity contribution in [1.29, 1.82) is 0 Å². The molecular weight excluding hydrogens is 266 g/mol. The number of aliphatic hydroxyl groups excluding tert-OH is 2. The molecule has 1 amide bonds. The van der Waals surface area contributed by atoms with Gasteiger partial charge in [0.25, 0.3) is 5.91 Å². The Morgan fingerprint density at radius 2 is 2.14 bits per heavy atom. The molecule has 2 unspecified atom stereocenters. The summed E-state index contributed by atoms with van der Waals surface area (Å²) in [5.41, 5.74) is 2.10. The van der Waals surface area contributed by atoms with E-state index in [1.54, 1.807) is 6.07 Å². The standard InChI is InChI=1S/C17H21NO3/c1-12-8-9-14(13(11-12)5-4-10-19)17(21)18-15-6-2-3-7-16(15)20/h8-9,11,15-16,19-20H,2-3,6-7,10H2,1H3,(H,18,21). The molecule has 1 aliphatic rings. The van der Waals surface area contributed by atoms with Gasteiger partial charge in [-0.25, -0.2) is 0 Å². The smallest absolute Gasteiger partial charge is 0.252 e. The number of hydrogen-bond donors (Lipinski definition) is 3. The van der Waals surface area contributed by atoms with Crippen LogP contribution in [0, 0.1) is 18.8 Å². The van der Waals surface area contributed by atoms with Crippen molar-refractivity contribution < 1.29 is 15.0 Å². The van der Waals surface area contributed by atoms with E-state index in [0.717, 1.165) is 31.2 Å². The van der Waals surface area contributed by atoms with Crippen LogP contribution in [-0.2, 0) is 0 Å². The molecule has 3 N–H and O–H groups in total. The third-order valence-electron chi connectivity index (χ3n) is 3.77. The summed E-state index contributed by atoms with van der Waals surface area (Å²) in [6, 6.07) is 5.23. The van der Waals surface area contributed by atoms with Crippen molar-refractivity contribution in [3.8, 4) is 11.8 Å². The van der Waals surface area contributed by atoms with Gasteiger partial charge in [0.05, 0.1) is 17.7 Å². The summed E-state index contributed by atoms with van der Waals surface area (Å²) in [5, 5.41) is 21.7. The molecule has 2 atom stereocenters. The molecule has 4 nitrogen and oxygen atoms in total. The Morgan fingerprint density at radius 1 is 1.38 bits per heavy atom. The molecule has 1 saturated carbocycles. The maximum atomic E-state index is 12.4. The van der Waals surface area contributed by atoms with E-state index >= 15 is 0 Å². The Labute approximate surface area is 125 Å². The lowest BCUT2D eigenvalue weighted by Crippen LogP contribution is -2.45. The van der Waals surface area contributed by atoms with Gasteiger partial charge in [0.15, 0.2) is 0 Å². The van der Waals surface area contributed by atoms with Gasteiger partial charge in [-0.05, 0) is 37.5 Å². The van der Waals surface area contributed by atoms with Crippen LogP contribution in [0.3, 0.4) is 0 Å². The number of carbonyl (C=O) groups is 1. The molecule has 1 aromatic rings. The zero-order chi connectivity index (χ0) is 15.2. The maximum Gasteiger partial charge on any atom is 0.252 e. The van der Waals surface area contributed by atoms with E-state index in [0.29, 0.717) is 11.1 Å². The zero-order valence-electron chi connectivity index (χ0n) is 12.2. The highest BCUT2D eigenvalue weighted by molar-refractivity contribution is 5.97. The lowest BCUT2D eigenvalue weighted by atomic mass is 9.92. The molecule has 0 spiro atoms. The van der Waals surface area contributed by atoms with Crippen molar-refractivity contribution in [3.05, 3.63) is 34.9 Å². The highest BCUT2D eigenvalue weighted by atomic mass is 16.3. The first kappa shape index (κ1) is 15.6. The number of aryl methyl sites for hydroxylation is 1. The number of hydrogen-bond acceptors (Lipinski definition) is 3. The molecule has 21 heavy (non-hydrogen) atoms. The van der Waals surface area contributed by atoms with Crippen LogP contribution in [0.25, 0.3) is 0 Å². The summed E-state index contributed by atoms with van der Waals surface area (Å²) in [7, 11) is 0. The largest absolute Gasteiger partial charge is 0.391 e. The van der Waals surface area contributed by atoms with Crippen molar-refractivity contribution >= 4 is 5.91 Å². The average Bonchev–Trinajstić information content (AvgIpc) is 2.47. The predicted molar refractivity (Wildman–Crippen MR) is 80.9 cm³/mol. The van der Waals surface area contributed by atoms with E-state index in [4.69, 9.17) is 5.11 Å². The summed E-state index contributed by atoms with van der Waals surface area (Å²) in [6.07, 6.45) is 3.09. The number of nitrogens with one attached hydrogen (secondary N) is 1. The molecule has 0 saturated heterocycles. The first-order chi connectivity index (χ1) is 10.1. The molecule has 4 heteroatoms. The normalized spacial score (nSPS) is 21.3. The summed E-state index contributed by atoms with van der Waals surface area (Å²) in [5.74, 6) is 5.17. The topological polar surface area (TPSA) is 69.6 Å². The van der Waals surface area contributed by atoms with E-state index in [9.17, 15) is 9.90 Å². The molecule has 1 aliphatic carbocycles. The second kappa shape index (κ2) is 7.26. The van der Waals surface area contributed by atoms with Gasteiger partial charge >= 0.3 is 0 Å². The fraction of sp³-hybridized carbons (Fsp3) is 0.471. The third-order valence-corrected chi connectivity index (χ3v) is 3.77. The first-order valence-electron chi connectivity index (χ1n) is 7.31. The average molecular weight is 287 g/mol. The number of amides is 1. The Bertz CT molecular complexity index is 571. The van der Waals surface area contributed by atoms with Crippen LogP contribution in [-0.4, -0.2) is 34.9 Å². The Hall–Kier alpha value is -1.83. The molecule has 112 valence electrons. The molecule has 1 fully saturated rings. The van der Waals surface area contributed by atoms with Crippen LogP contribution < -0.4 is 5.32 Å². The lowest BCUT2D eigenvalue weighted by molar-refractivity contribution is 0.0717. The highest BCUT2D eigenvalue weighted by Crippen LogP contribution is 2.19. The fourth-order valence-electron chi connectivity index (χ4n) is 2.62. The molecule has 0 bridgehead atoms. The van der Waals surface area contributed by atoms with Gasteiger partial charge in [-0.15, -0.1) is 0 Å². The minimum Gasteiger partial charge on any atom is -0.391 e. The molecule has 1 aromatic carbocycles. The van der Waals surface area contributed by atoms with Gasteiger partial charge in [0.2, 0.25) is 0 Å². The first-order valence-corrected chi connectivity index (χ1v) is 7.31. The summed E-state index contributed by atoms with van der Waals surface area (Å²) in [6.45, 7) is 1.69. The van der Waals surface area contributed by atoms with Gasteiger partial charge in [-0.1, -0.05) is 30.7 Å². The van der Waals surface area contributed by atoms with Gasteiger partial charge < -0.3 is 15.5 Å². The monoisotopic (exact) mass is 287 g/mol. The highest BCUT2D eigenvalue weighted by Gasteiger charge is 2.25. The number of rotatable bonds is 2. The Kier molecular flexibility index (Phi) is 5.38. The zero-order valence-corrected chi connectivity index (χ0v) is 12.2. The van der Waals surface area contributed by atoms with Crippen molar-refractivity contribution in [2.45, 2.75) is 44.8 Å². The molecule has 0 heterocycles. The SMILES string of the molecule is Cc1ccc(C(=O)NC2CCCCC2O)c(C#CCO)c1. The van der Waals surface area contributed by atoms with Crippen LogP contribution in [0.5, 0.6) is 0 Å². The lowest BCUT2D eigenvalue weighted by Gasteiger charge is -2.28. The van der Waals surface area contributed by atoms with Crippen molar-refractivity contribution in [2.24, 2.45) is 0 Å². The quantitative estimate of drug-likeness (QED) is 0.720. The fourth-order valence-corrected chi connectivity index (χ4v) is 2.62. The van der Waals surface area contributed by atoms with E-state index < -0.39 is 6.10 Å². The van der Waals surface area contributed by atoms with Gasteiger partial charge in [0, 0.05) is 5.56 Å². The molecule has 2 rings (SSSR count). The minimum absolute atomic E-state index is 0.189. The molecule has 0 aromatic heterocycles. The minimum atomic E-state index is -0.472. The van der Waals surface area contributed by atoms with Crippen LogP contribution in [0.15, 0.2) is 18.2 Å². The van der Waals surface area contributed by atoms with E-state index in [2.05, 4.69) is 17.2 Å². The van der Waals surface area contributed by atoms with E-state index in [1.165, 1.54) is 0 Å². The predicted octanol–water partition coefficient (Wildman–Crippen LogP) is 1.37. The van der Waals surface area contributed by atoms with Gasteiger partial charge in [0.1, 0.15) is 6.61 Å². The van der Waals surface area contributed by atoms with E-state index in [1.807, 2.05) is 19.1 Å². The van der Waals surface area contributed by atoms with E-state index in [-0.39, 0.29) is 18.6 Å². The number of aliphatic hydroxyl groups is 2. The number of carbonyl (C=O) groups excluding carboxylic acids is 1. The van der Waals surface area contributed by atoms with Crippen molar-refractivity contribution in [2.75, 3.05) is 6.61 Å². The van der Waals surface area contributed by atoms with Crippen LogP contribution >= 0.6 is 0 Å². The molecule has 0 radical (unpaired) electrons. The van der Waals surface area contributed by atoms with Crippen molar-refractivity contribution in [3.63, 3.8) is 0 Å². The maximum absolute atomic E-state index is 12.4. The second-order valence-corrected chi connectivity index (χ2v) is 5.44. The second-order valence-electron chi connectivity index (χ2n) is 5.44. The van der Waals surface area contributed by atoms with Crippen LogP contribution in [0.2, 0.25) is 0 Å². The molecule has 0 aliphatic heterocycles. The van der Waals surface area contributed by atoms with Gasteiger partial charge in [-0.2, -0.15) is 0 Å². The summed E-state index contributed by atoms with van der Waals surface area (Å²) in [4.78, 5) is 12.4. The third kappa shape index (κ3) is 4.07. The van der Waals surface area contributed by atoms with Crippen LogP contribution in [0.1, 0.15) is 47.2 Å². The Morgan fingerprint density at radius 3 is 2.86 bits per heavy atom. The van der Waals surface area contributed by atoms with Crippen molar-refractivity contribution in [1.82, 2.24) is 5.32 Å². The van der Waals surface area contributed by atoms with Crippen LogP contribution in [0.4, 0.5) is 0 Å². The Balaban J connectivity index is 2.18. The summed E-state index contributed by atoms with van der Waals surface area (Å²) < 4.78 is 0. The summed E-state index contributed by atoms with van der Waals surface area (Å²) >= 11 is 0. The molecular formula is C17H21NO3. The number of benzene rings is 1.